The number of rotatable bonds is 6. The molecule has 0 aliphatic carbocycles. The Morgan fingerprint density at radius 3 is 2.77 bits per heavy atom. The maximum absolute atomic E-state index is 11.8. The molecule has 2 aromatic rings. The van der Waals surface area contributed by atoms with Crippen molar-refractivity contribution in [1.82, 2.24) is 15.5 Å². The van der Waals surface area contributed by atoms with E-state index in [0.29, 0.717) is 24.0 Å². The van der Waals surface area contributed by atoms with E-state index in [4.69, 9.17) is 16.3 Å². The van der Waals surface area contributed by atoms with Crippen LogP contribution in [0.5, 0.6) is 0 Å². The van der Waals surface area contributed by atoms with Gasteiger partial charge < -0.3 is 15.4 Å². The van der Waals surface area contributed by atoms with E-state index in [1.165, 1.54) is 0 Å². The highest BCUT2D eigenvalue weighted by molar-refractivity contribution is 6.30. The minimum Gasteiger partial charge on any atom is -0.383 e. The molecule has 0 bridgehead atoms. The molecule has 2 rings (SSSR count). The lowest BCUT2D eigenvalue weighted by Gasteiger charge is -2.09. The van der Waals surface area contributed by atoms with Gasteiger partial charge in [0.15, 0.2) is 11.5 Å². The van der Waals surface area contributed by atoms with E-state index < -0.39 is 0 Å². The lowest BCUT2D eigenvalue weighted by molar-refractivity contribution is 0.0931. The summed E-state index contributed by atoms with van der Waals surface area (Å²) in [7, 11) is 1.57. The number of benzene rings is 1. The third-order valence-electron chi connectivity index (χ3n) is 2.95. The molecule has 0 radical (unpaired) electrons. The van der Waals surface area contributed by atoms with E-state index in [1.807, 2.05) is 25.1 Å². The molecule has 116 valence electrons. The molecule has 0 atom stereocenters. The highest BCUT2D eigenvalue weighted by Gasteiger charge is 2.08. The van der Waals surface area contributed by atoms with Crippen LogP contribution >= 0.6 is 11.6 Å². The number of anilines is 2. The maximum Gasteiger partial charge on any atom is 0.271 e. The van der Waals surface area contributed by atoms with Gasteiger partial charge in [-0.2, -0.15) is 0 Å². The van der Waals surface area contributed by atoms with Gasteiger partial charge >= 0.3 is 0 Å². The highest BCUT2D eigenvalue weighted by Crippen LogP contribution is 2.22. The summed E-state index contributed by atoms with van der Waals surface area (Å²) >= 11 is 5.97. The molecule has 6 nitrogen and oxygen atoms in total. The molecule has 0 saturated carbocycles. The fourth-order valence-corrected chi connectivity index (χ4v) is 1.92. The quantitative estimate of drug-likeness (QED) is 0.800. The van der Waals surface area contributed by atoms with E-state index in [9.17, 15) is 4.79 Å². The third-order valence-corrected chi connectivity index (χ3v) is 3.19. The molecular weight excluding hydrogens is 304 g/mol. The summed E-state index contributed by atoms with van der Waals surface area (Å²) in [6, 6.07) is 8.84. The number of carbonyl (C=O) groups excluding carboxylic acids is 1. The van der Waals surface area contributed by atoms with Crippen molar-refractivity contribution in [3.63, 3.8) is 0 Å². The van der Waals surface area contributed by atoms with Gasteiger partial charge in [-0.3, -0.25) is 4.79 Å². The highest BCUT2D eigenvalue weighted by atomic mass is 35.5. The number of aromatic nitrogens is 2. The summed E-state index contributed by atoms with van der Waals surface area (Å²) in [5.74, 6) is 0.258. The topological polar surface area (TPSA) is 76.1 Å². The van der Waals surface area contributed by atoms with E-state index >= 15 is 0 Å². The van der Waals surface area contributed by atoms with Crippen LogP contribution < -0.4 is 10.6 Å². The van der Waals surface area contributed by atoms with Gasteiger partial charge in [0.2, 0.25) is 0 Å². The Hall–Kier alpha value is -2.18. The molecule has 1 amide bonds. The van der Waals surface area contributed by atoms with Crippen LogP contribution in [0.3, 0.4) is 0 Å². The summed E-state index contributed by atoms with van der Waals surface area (Å²) in [6.07, 6.45) is 0. The van der Waals surface area contributed by atoms with E-state index in [0.717, 1.165) is 11.3 Å². The molecule has 0 spiro atoms. The summed E-state index contributed by atoms with van der Waals surface area (Å²) < 4.78 is 4.86. The molecule has 1 aromatic heterocycles. The SMILES string of the molecule is COCCNC(=O)c1ccc(Nc2cc(Cl)ccc2C)nn1. The Morgan fingerprint density at radius 2 is 2.09 bits per heavy atom. The van der Waals surface area contributed by atoms with Crippen molar-refractivity contribution in [2.24, 2.45) is 0 Å². The Bertz CT molecular complexity index is 646. The van der Waals surface area contributed by atoms with Crippen LogP contribution in [0.4, 0.5) is 11.5 Å². The molecule has 7 heteroatoms. The zero-order chi connectivity index (χ0) is 15.9. The predicted octanol–water partition coefficient (Wildman–Crippen LogP) is 2.56. The van der Waals surface area contributed by atoms with Gasteiger partial charge in [0.25, 0.3) is 5.91 Å². The average Bonchev–Trinajstić information content (AvgIpc) is 2.52. The van der Waals surface area contributed by atoms with Crippen LogP contribution in [-0.4, -0.2) is 36.4 Å². The number of hydrogen-bond donors (Lipinski definition) is 2. The number of hydrogen-bond acceptors (Lipinski definition) is 5. The second-order valence-electron chi connectivity index (χ2n) is 4.64. The second-order valence-corrected chi connectivity index (χ2v) is 5.07. The predicted molar refractivity (Wildman–Crippen MR) is 85.7 cm³/mol. The van der Waals surface area contributed by atoms with E-state index in [2.05, 4.69) is 20.8 Å². The summed E-state index contributed by atoms with van der Waals surface area (Å²) in [5.41, 5.74) is 2.14. The van der Waals surface area contributed by atoms with Gasteiger partial charge in [0.1, 0.15) is 0 Å². The molecule has 1 heterocycles. The average molecular weight is 321 g/mol. The number of amides is 1. The first kappa shape index (κ1) is 16.2. The molecule has 1 aromatic carbocycles. The molecule has 0 unspecified atom stereocenters. The Labute approximate surface area is 133 Å². The van der Waals surface area contributed by atoms with Crippen molar-refractivity contribution in [1.29, 1.82) is 0 Å². The molecule has 0 saturated heterocycles. The first-order valence-electron chi connectivity index (χ1n) is 6.74. The summed E-state index contributed by atoms with van der Waals surface area (Å²) in [6.45, 7) is 2.84. The lowest BCUT2D eigenvalue weighted by atomic mass is 10.2. The molecule has 22 heavy (non-hydrogen) atoms. The standard InChI is InChI=1S/C15H17ClN4O2/c1-10-3-4-11(16)9-13(10)18-14-6-5-12(19-20-14)15(21)17-7-8-22-2/h3-6,9H,7-8H2,1-2H3,(H,17,21)(H,18,20). The molecule has 0 fully saturated rings. The van der Waals surface area contributed by atoms with Crippen molar-refractivity contribution in [3.05, 3.63) is 46.6 Å². The monoisotopic (exact) mass is 320 g/mol. The lowest BCUT2D eigenvalue weighted by Crippen LogP contribution is -2.27. The fraction of sp³-hybridized carbons (Fsp3) is 0.267. The third kappa shape index (κ3) is 4.41. The van der Waals surface area contributed by atoms with E-state index in [1.54, 1.807) is 19.2 Å². The van der Waals surface area contributed by atoms with Crippen LogP contribution in [-0.2, 0) is 4.74 Å². The van der Waals surface area contributed by atoms with Crippen molar-refractivity contribution in [2.75, 3.05) is 25.6 Å². The second kappa shape index (κ2) is 7.72. The van der Waals surface area contributed by atoms with Crippen LogP contribution in [0.2, 0.25) is 5.02 Å². The van der Waals surface area contributed by atoms with Gasteiger partial charge in [-0.1, -0.05) is 17.7 Å². The van der Waals surface area contributed by atoms with Gasteiger partial charge in [-0.25, -0.2) is 0 Å². The Balaban J connectivity index is 2.02. The molecule has 0 aliphatic heterocycles. The van der Waals surface area contributed by atoms with Crippen molar-refractivity contribution in [2.45, 2.75) is 6.92 Å². The van der Waals surface area contributed by atoms with Crippen molar-refractivity contribution in [3.8, 4) is 0 Å². The Kier molecular flexibility index (Phi) is 5.68. The van der Waals surface area contributed by atoms with Gasteiger partial charge in [0.05, 0.1) is 6.61 Å². The number of aryl methyl sites for hydroxylation is 1. The van der Waals surface area contributed by atoms with Crippen LogP contribution in [0.25, 0.3) is 0 Å². The molecular formula is C15H17ClN4O2. The maximum atomic E-state index is 11.8. The van der Waals surface area contributed by atoms with Gasteiger partial charge in [0, 0.05) is 24.4 Å². The number of nitrogens with one attached hydrogen (secondary N) is 2. The number of carbonyl (C=O) groups is 1. The fourth-order valence-electron chi connectivity index (χ4n) is 1.74. The number of nitrogens with zero attached hydrogens (tertiary/aromatic N) is 2. The van der Waals surface area contributed by atoms with Crippen molar-refractivity contribution >= 4 is 29.0 Å². The number of ether oxygens (including phenoxy) is 1. The minimum atomic E-state index is -0.282. The molecule has 2 N–H and O–H groups in total. The van der Waals surface area contributed by atoms with Crippen LogP contribution in [0.15, 0.2) is 30.3 Å². The number of halogens is 1. The zero-order valence-electron chi connectivity index (χ0n) is 12.4. The van der Waals surface area contributed by atoms with Crippen LogP contribution in [0, 0.1) is 6.92 Å². The summed E-state index contributed by atoms with van der Waals surface area (Å²) in [4.78, 5) is 11.8. The first-order chi connectivity index (χ1) is 10.6. The zero-order valence-corrected chi connectivity index (χ0v) is 13.1. The van der Waals surface area contributed by atoms with Crippen molar-refractivity contribution < 1.29 is 9.53 Å². The van der Waals surface area contributed by atoms with E-state index in [-0.39, 0.29) is 11.6 Å². The number of methoxy groups -OCH3 is 1. The largest absolute Gasteiger partial charge is 0.383 e. The van der Waals surface area contributed by atoms with Crippen LogP contribution in [0.1, 0.15) is 16.1 Å². The summed E-state index contributed by atoms with van der Waals surface area (Å²) in [5, 5.41) is 14.3. The smallest absolute Gasteiger partial charge is 0.271 e. The first-order valence-corrected chi connectivity index (χ1v) is 7.12. The van der Waals surface area contributed by atoms with Gasteiger partial charge in [-0.15, -0.1) is 10.2 Å². The minimum absolute atomic E-state index is 0.254. The molecule has 0 aliphatic rings. The normalized spacial score (nSPS) is 10.3. The van der Waals surface area contributed by atoms with Gasteiger partial charge in [-0.05, 0) is 36.8 Å². The Morgan fingerprint density at radius 1 is 1.27 bits per heavy atom.